The molecule has 0 saturated carbocycles. The smallest absolute Gasteiger partial charge is 0.295 e. The molecule has 1 heterocycles. The Balaban J connectivity index is 2.07. The molecule has 1 unspecified atom stereocenters. The molecule has 0 radical (unpaired) electrons. The Morgan fingerprint density at radius 2 is 1.90 bits per heavy atom. The van der Waals surface area contributed by atoms with Crippen molar-refractivity contribution in [3.63, 3.8) is 0 Å². The number of carbonyl (C=O) groups is 2. The van der Waals surface area contributed by atoms with Crippen molar-refractivity contribution in [1.29, 1.82) is 0 Å². The number of Topliss-reactive ketones (excluding diaryl/α,β-unsaturated/α-hetero) is 1. The molecule has 1 saturated heterocycles. The highest BCUT2D eigenvalue weighted by molar-refractivity contribution is 9.10. The van der Waals surface area contributed by atoms with Gasteiger partial charge in [-0.25, -0.2) is 0 Å². The molecule has 1 aliphatic heterocycles. The van der Waals surface area contributed by atoms with Gasteiger partial charge in [-0.05, 0) is 36.2 Å². The number of carbonyl (C=O) groups excluding carboxylic acids is 2. The van der Waals surface area contributed by atoms with Crippen LogP contribution in [-0.4, -0.2) is 48.6 Å². The zero-order chi connectivity index (χ0) is 22.4. The molecule has 1 amide bonds. The average molecular weight is 488 g/mol. The van der Waals surface area contributed by atoms with E-state index in [4.69, 9.17) is 9.47 Å². The number of ketones is 1. The van der Waals surface area contributed by atoms with Crippen LogP contribution in [0.15, 0.2) is 58.6 Å². The van der Waals surface area contributed by atoms with E-state index in [9.17, 15) is 14.7 Å². The monoisotopic (exact) mass is 487 g/mol. The van der Waals surface area contributed by atoms with E-state index in [1.165, 1.54) is 12.0 Å². The van der Waals surface area contributed by atoms with Gasteiger partial charge in [0.1, 0.15) is 11.5 Å². The number of amides is 1. The summed E-state index contributed by atoms with van der Waals surface area (Å²) < 4.78 is 11.7. The van der Waals surface area contributed by atoms with Gasteiger partial charge < -0.3 is 19.5 Å². The molecule has 1 atom stereocenters. The van der Waals surface area contributed by atoms with E-state index in [2.05, 4.69) is 22.9 Å². The first-order valence-electron chi connectivity index (χ1n) is 10.2. The van der Waals surface area contributed by atoms with Crippen LogP contribution in [0.5, 0.6) is 5.75 Å². The molecule has 164 valence electrons. The van der Waals surface area contributed by atoms with Crippen molar-refractivity contribution < 1.29 is 24.2 Å². The number of likely N-dealkylation sites (tertiary alicyclic amines) is 1. The summed E-state index contributed by atoms with van der Waals surface area (Å²) in [7, 11) is 1.54. The summed E-state index contributed by atoms with van der Waals surface area (Å²) in [5.74, 6) is -0.982. The lowest BCUT2D eigenvalue weighted by Gasteiger charge is -2.25. The summed E-state index contributed by atoms with van der Waals surface area (Å²) in [5.41, 5.74) is 1.21. The molecule has 0 aromatic heterocycles. The number of ether oxygens (including phenoxy) is 2. The van der Waals surface area contributed by atoms with Gasteiger partial charge in [-0.3, -0.25) is 9.59 Å². The van der Waals surface area contributed by atoms with Gasteiger partial charge in [0.25, 0.3) is 11.7 Å². The number of halogens is 1. The van der Waals surface area contributed by atoms with Crippen molar-refractivity contribution in [1.82, 2.24) is 4.90 Å². The molecular formula is C24H26BrNO5. The Bertz CT molecular complexity index is 987. The summed E-state index contributed by atoms with van der Waals surface area (Å²) in [6, 6.07) is 13.6. The van der Waals surface area contributed by atoms with Crippen molar-refractivity contribution in [3.8, 4) is 5.75 Å². The van der Waals surface area contributed by atoms with Crippen molar-refractivity contribution in [2.75, 3.05) is 26.9 Å². The van der Waals surface area contributed by atoms with Gasteiger partial charge in [-0.15, -0.1) is 0 Å². The van der Waals surface area contributed by atoms with E-state index in [0.29, 0.717) is 17.9 Å². The summed E-state index contributed by atoms with van der Waals surface area (Å²) in [5, 5.41) is 11.1. The normalized spacial score (nSPS) is 17.9. The van der Waals surface area contributed by atoms with E-state index in [0.717, 1.165) is 22.9 Å². The highest BCUT2D eigenvalue weighted by Crippen LogP contribution is 2.40. The Morgan fingerprint density at radius 3 is 2.61 bits per heavy atom. The minimum atomic E-state index is -0.712. The largest absolute Gasteiger partial charge is 0.507 e. The molecule has 3 rings (SSSR count). The van der Waals surface area contributed by atoms with Crippen LogP contribution in [-0.2, 0) is 14.3 Å². The fourth-order valence-electron chi connectivity index (χ4n) is 3.55. The summed E-state index contributed by atoms with van der Waals surface area (Å²) in [4.78, 5) is 27.2. The number of aliphatic hydroxyl groups is 1. The van der Waals surface area contributed by atoms with Gasteiger partial charge in [-0.2, -0.15) is 0 Å². The second-order valence-electron chi connectivity index (χ2n) is 7.27. The molecule has 7 heteroatoms. The maximum atomic E-state index is 13.0. The zero-order valence-corrected chi connectivity index (χ0v) is 19.2. The Kier molecular flexibility index (Phi) is 7.87. The Labute approximate surface area is 190 Å². The van der Waals surface area contributed by atoms with Crippen molar-refractivity contribution in [3.05, 3.63) is 69.7 Å². The molecule has 6 nitrogen and oxygen atoms in total. The first-order chi connectivity index (χ1) is 15.0. The average Bonchev–Trinajstić information content (AvgIpc) is 3.02. The SMILES string of the molecule is CCCCOc1cccc(C(O)=C2C(=O)C(=O)N(CCOC)C2c2cccc(Br)c2)c1. The second kappa shape index (κ2) is 10.6. The molecule has 0 bridgehead atoms. The number of benzene rings is 2. The van der Waals surface area contributed by atoms with E-state index in [1.54, 1.807) is 24.3 Å². The lowest BCUT2D eigenvalue weighted by atomic mass is 9.95. The summed E-state index contributed by atoms with van der Waals surface area (Å²) in [6.07, 6.45) is 1.93. The molecule has 1 N–H and O–H groups in total. The van der Waals surface area contributed by atoms with Crippen LogP contribution in [0.2, 0.25) is 0 Å². The van der Waals surface area contributed by atoms with Crippen LogP contribution in [0.1, 0.15) is 36.9 Å². The minimum absolute atomic E-state index is 0.0601. The maximum absolute atomic E-state index is 13.0. The Hall–Kier alpha value is -2.64. The minimum Gasteiger partial charge on any atom is -0.507 e. The summed E-state index contributed by atoms with van der Waals surface area (Å²) >= 11 is 3.45. The quantitative estimate of drug-likeness (QED) is 0.240. The van der Waals surface area contributed by atoms with Gasteiger partial charge in [-0.1, -0.05) is 53.5 Å². The molecular weight excluding hydrogens is 462 g/mol. The molecule has 1 fully saturated rings. The lowest BCUT2D eigenvalue weighted by Crippen LogP contribution is -2.32. The number of nitrogens with zero attached hydrogens (tertiary/aromatic N) is 1. The van der Waals surface area contributed by atoms with Crippen molar-refractivity contribution >= 4 is 33.4 Å². The highest BCUT2D eigenvalue weighted by Gasteiger charge is 2.45. The third kappa shape index (κ3) is 5.17. The molecule has 1 aliphatic rings. The van der Waals surface area contributed by atoms with Crippen LogP contribution in [0.3, 0.4) is 0 Å². The van der Waals surface area contributed by atoms with Crippen LogP contribution < -0.4 is 4.74 Å². The molecule has 31 heavy (non-hydrogen) atoms. The molecule has 2 aromatic carbocycles. The Morgan fingerprint density at radius 1 is 1.13 bits per heavy atom. The maximum Gasteiger partial charge on any atom is 0.295 e. The van der Waals surface area contributed by atoms with Gasteiger partial charge in [0.05, 0.1) is 24.8 Å². The predicted molar refractivity (Wildman–Crippen MR) is 122 cm³/mol. The third-order valence-corrected chi connectivity index (χ3v) is 5.61. The van der Waals surface area contributed by atoms with Gasteiger partial charge >= 0.3 is 0 Å². The van der Waals surface area contributed by atoms with Gasteiger partial charge in [0.15, 0.2) is 0 Å². The topological polar surface area (TPSA) is 76.1 Å². The van der Waals surface area contributed by atoms with Crippen LogP contribution in [0, 0.1) is 0 Å². The standard InChI is InChI=1S/C24H26BrNO5/c1-3-4-12-31-19-10-6-8-17(15-19)22(27)20-21(16-7-5-9-18(25)14-16)26(11-13-30-2)24(29)23(20)28/h5-10,14-15,21,27H,3-4,11-13H2,1-2H3. The van der Waals surface area contributed by atoms with Gasteiger partial charge in [0, 0.05) is 23.7 Å². The van der Waals surface area contributed by atoms with E-state index in [-0.39, 0.29) is 24.5 Å². The number of hydrogen-bond donors (Lipinski definition) is 1. The number of methoxy groups -OCH3 is 1. The number of aliphatic hydroxyl groups excluding tert-OH is 1. The first-order valence-corrected chi connectivity index (χ1v) is 11.0. The first kappa shape index (κ1) is 23.0. The van der Waals surface area contributed by atoms with E-state index in [1.807, 2.05) is 24.3 Å². The molecule has 0 spiro atoms. The van der Waals surface area contributed by atoms with Crippen LogP contribution >= 0.6 is 15.9 Å². The lowest BCUT2D eigenvalue weighted by molar-refractivity contribution is -0.140. The predicted octanol–water partition coefficient (Wildman–Crippen LogP) is 4.70. The van der Waals surface area contributed by atoms with Crippen LogP contribution in [0.25, 0.3) is 5.76 Å². The van der Waals surface area contributed by atoms with Crippen LogP contribution in [0.4, 0.5) is 0 Å². The number of hydrogen-bond acceptors (Lipinski definition) is 5. The number of rotatable bonds is 9. The zero-order valence-electron chi connectivity index (χ0n) is 17.6. The fourth-order valence-corrected chi connectivity index (χ4v) is 3.96. The van der Waals surface area contributed by atoms with E-state index >= 15 is 0 Å². The third-order valence-electron chi connectivity index (χ3n) is 5.11. The second-order valence-corrected chi connectivity index (χ2v) is 8.19. The van der Waals surface area contributed by atoms with Crippen molar-refractivity contribution in [2.24, 2.45) is 0 Å². The van der Waals surface area contributed by atoms with Crippen molar-refractivity contribution in [2.45, 2.75) is 25.8 Å². The highest BCUT2D eigenvalue weighted by atomic mass is 79.9. The van der Waals surface area contributed by atoms with Gasteiger partial charge in [0.2, 0.25) is 0 Å². The fraction of sp³-hybridized carbons (Fsp3) is 0.333. The summed E-state index contributed by atoms with van der Waals surface area (Å²) in [6.45, 7) is 3.16. The number of unbranched alkanes of at least 4 members (excludes halogenated alkanes) is 1. The van der Waals surface area contributed by atoms with E-state index < -0.39 is 17.7 Å². The molecule has 2 aromatic rings. The molecule has 0 aliphatic carbocycles.